The van der Waals surface area contributed by atoms with Crippen LogP contribution in [0.15, 0.2) is 102 Å². The molecule has 0 saturated heterocycles. The van der Waals surface area contributed by atoms with Crippen LogP contribution in [-0.4, -0.2) is 5.11 Å². The zero-order chi connectivity index (χ0) is 17.9. The molecule has 0 fully saturated rings. The van der Waals surface area contributed by atoms with E-state index in [4.69, 9.17) is 0 Å². The van der Waals surface area contributed by atoms with Gasteiger partial charge in [0.1, 0.15) is 5.75 Å². The lowest BCUT2D eigenvalue weighted by molar-refractivity contribution is 0.477. The van der Waals surface area contributed by atoms with Gasteiger partial charge in [0.2, 0.25) is 0 Å². The summed E-state index contributed by atoms with van der Waals surface area (Å²) in [4.78, 5) is 0. The lowest BCUT2D eigenvalue weighted by Gasteiger charge is -2.11. The first-order valence-corrected chi connectivity index (χ1v) is 9.25. The minimum Gasteiger partial charge on any atom is -0.507 e. The molecule has 126 valence electrons. The number of phenolic OH excluding ortho intramolecular Hbond substituents is 1. The average Bonchev–Trinajstić information content (AvgIpc) is 2.70. The fourth-order valence-corrected chi connectivity index (χ4v) is 3.58. The Hall–Kier alpha value is -2.84. The van der Waals surface area contributed by atoms with Crippen molar-refractivity contribution in [2.45, 2.75) is 0 Å². The van der Waals surface area contributed by atoms with E-state index in [0.717, 1.165) is 32.3 Å². The molecular weight excluding hydrogens is 384 g/mol. The Bertz CT molecular complexity index is 953. The van der Waals surface area contributed by atoms with Gasteiger partial charge in [-0.15, -0.1) is 0 Å². The second-order valence-corrected chi connectivity index (χ2v) is 7.01. The van der Waals surface area contributed by atoms with Crippen LogP contribution in [0.2, 0.25) is 0 Å². The molecule has 4 aromatic rings. The van der Waals surface area contributed by atoms with Gasteiger partial charge < -0.3 is 5.11 Å². The molecule has 0 heterocycles. The minimum atomic E-state index is 0.292. The van der Waals surface area contributed by atoms with E-state index in [1.54, 1.807) is 6.07 Å². The van der Waals surface area contributed by atoms with Crippen molar-refractivity contribution < 1.29 is 5.11 Å². The highest BCUT2D eigenvalue weighted by atomic mass is 79.9. The molecule has 0 spiro atoms. The summed E-state index contributed by atoms with van der Waals surface area (Å²) in [5.74, 6) is 0.292. The predicted octanol–water partition coefficient (Wildman–Crippen LogP) is 7.16. The van der Waals surface area contributed by atoms with E-state index in [0.29, 0.717) is 5.75 Å². The molecule has 0 amide bonds. The first-order chi connectivity index (χ1) is 12.7. The van der Waals surface area contributed by atoms with Crippen molar-refractivity contribution in [1.82, 2.24) is 0 Å². The third-order valence-electron chi connectivity index (χ3n) is 4.47. The van der Waals surface area contributed by atoms with E-state index in [2.05, 4.69) is 46.3 Å². The van der Waals surface area contributed by atoms with Gasteiger partial charge in [-0.2, -0.15) is 0 Å². The Morgan fingerprint density at radius 1 is 0.500 bits per heavy atom. The smallest absolute Gasteiger partial charge is 0.123 e. The zero-order valence-corrected chi connectivity index (χ0v) is 15.6. The highest BCUT2D eigenvalue weighted by Gasteiger charge is 2.09. The monoisotopic (exact) mass is 400 g/mol. The maximum Gasteiger partial charge on any atom is 0.123 e. The predicted molar refractivity (Wildman–Crippen MR) is 112 cm³/mol. The summed E-state index contributed by atoms with van der Waals surface area (Å²) < 4.78 is 1.06. The number of hydrogen-bond acceptors (Lipinski definition) is 1. The highest BCUT2D eigenvalue weighted by molar-refractivity contribution is 9.10. The summed E-state index contributed by atoms with van der Waals surface area (Å²) >= 11 is 3.66. The third kappa shape index (κ3) is 3.29. The van der Waals surface area contributed by atoms with Crippen LogP contribution in [0.25, 0.3) is 33.4 Å². The first-order valence-electron chi connectivity index (χ1n) is 8.46. The number of rotatable bonds is 3. The molecule has 1 N–H and O–H groups in total. The number of hydrogen-bond donors (Lipinski definition) is 1. The van der Waals surface area contributed by atoms with Crippen molar-refractivity contribution in [1.29, 1.82) is 0 Å². The third-order valence-corrected chi connectivity index (χ3v) is 5.16. The van der Waals surface area contributed by atoms with Crippen LogP contribution < -0.4 is 0 Å². The minimum absolute atomic E-state index is 0.292. The number of aromatic hydroxyl groups is 1. The van der Waals surface area contributed by atoms with Gasteiger partial charge in [-0.3, -0.25) is 0 Å². The molecule has 0 unspecified atom stereocenters. The number of benzene rings is 4. The number of halogens is 1. The summed E-state index contributed by atoms with van der Waals surface area (Å²) in [5.41, 5.74) is 6.36. The van der Waals surface area contributed by atoms with Gasteiger partial charge >= 0.3 is 0 Å². The molecular formula is C24H17BrO. The topological polar surface area (TPSA) is 20.2 Å². The average molecular weight is 401 g/mol. The second-order valence-electron chi connectivity index (χ2n) is 6.16. The summed E-state index contributed by atoms with van der Waals surface area (Å²) in [5, 5.41) is 10.3. The van der Waals surface area contributed by atoms with Crippen LogP contribution in [0.1, 0.15) is 0 Å². The molecule has 0 saturated carbocycles. The van der Waals surface area contributed by atoms with E-state index < -0.39 is 0 Å². The maximum atomic E-state index is 10.3. The Morgan fingerprint density at radius 2 is 1.00 bits per heavy atom. The van der Waals surface area contributed by atoms with E-state index >= 15 is 0 Å². The van der Waals surface area contributed by atoms with Crippen molar-refractivity contribution in [3.8, 4) is 39.1 Å². The highest BCUT2D eigenvalue weighted by Crippen LogP contribution is 2.36. The number of phenols is 1. The summed E-state index contributed by atoms with van der Waals surface area (Å²) in [6, 6.07) is 32.4. The molecule has 4 rings (SSSR count). The van der Waals surface area contributed by atoms with Crippen molar-refractivity contribution in [2.75, 3.05) is 0 Å². The van der Waals surface area contributed by atoms with E-state index in [1.807, 2.05) is 60.7 Å². The Balaban J connectivity index is 1.82. The standard InChI is InChI=1S/C24H17BrO/c25-23-13-11-19(15-21(23)17-7-3-1-4-8-17)20-12-14-24(26)22(16-20)18-9-5-2-6-10-18/h1-16,26H. The second kappa shape index (κ2) is 7.19. The Labute approximate surface area is 161 Å². The maximum absolute atomic E-state index is 10.3. The van der Waals surface area contributed by atoms with Gasteiger partial charge in [0.25, 0.3) is 0 Å². The van der Waals surface area contributed by atoms with Gasteiger partial charge in [0.05, 0.1) is 0 Å². The van der Waals surface area contributed by atoms with Gasteiger partial charge in [-0.1, -0.05) is 88.7 Å². The molecule has 26 heavy (non-hydrogen) atoms. The Kier molecular flexibility index (Phi) is 4.59. The van der Waals surface area contributed by atoms with Crippen molar-refractivity contribution in [2.24, 2.45) is 0 Å². The van der Waals surface area contributed by atoms with Crippen LogP contribution >= 0.6 is 15.9 Å². The SMILES string of the molecule is Oc1ccc(-c2ccc(Br)c(-c3ccccc3)c2)cc1-c1ccccc1. The van der Waals surface area contributed by atoms with Crippen LogP contribution in [-0.2, 0) is 0 Å². The zero-order valence-electron chi connectivity index (χ0n) is 14.1. The molecule has 1 nitrogen and oxygen atoms in total. The molecule has 0 aliphatic rings. The molecule has 0 bridgehead atoms. The molecule has 0 atom stereocenters. The molecule has 0 aromatic heterocycles. The fraction of sp³-hybridized carbons (Fsp3) is 0. The molecule has 0 radical (unpaired) electrons. The van der Waals surface area contributed by atoms with Crippen LogP contribution in [0.4, 0.5) is 0 Å². The van der Waals surface area contributed by atoms with E-state index in [1.165, 1.54) is 5.56 Å². The lowest BCUT2D eigenvalue weighted by Crippen LogP contribution is -1.85. The quantitative estimate of drug-likeness (QED) is 0.386. The van der Waals surface area contributed by atoms with Gasteiger partial charge in [-0.05, 0) is 52.1 Å². The van der Waals surface area contributed by atoms with Gasteiger partial charge in [-0.25, -0.2) is 0 Å². The van der Waals surface area contributed by atoms with Crippen molar-refractivity contribution >= 4 is 15.9 Å². The van der Waals surface area contributed by atoms with Crippen LogP contribution in [0.5, 0.6) is 5.75 Å². The molecule has 0 aliphatic carbocycles. The van der Waals surface area contributed by atoms with Crippen molar-refractivity contribution in [3.63, 3.8) is 0 Å². The summed E-state index contributed by atoms with van der Waals surface area (Å²) in [6.07, 6.45) is 0. The fourth-order valence-electron chi connectivity index (χ4n) is 3.11. The van der Waals surface area contributed by atoms with Crippen LogP contribution in [0, 0.1) is 0 Å². The van der Waals surface area contributed by atoms with Gasteiger partial charge in [0, 0.05) is 10.0 Å². The van der Waals surface area contributed by atoms with Crippen molar-refractivity contribution in [3.05, 3.63) is 102 Å². The lowest BCUT2D eigenvalue weighted by atomic mass is 9.96. The molecule has 0 aliphatic heterocycles. The van der Waals surface area contributed by atoms with E-state index in [-0.39, 0.29) is 0 Å². The van der Waals surface area contributed by atoms with Crippen LogP contribution in [0.3, 0.4) is 0 Å². The first kappa shape index (κ1) is 16.6. The molecule has 4 aromatic carbocycles. The normalized spacial score (nSPS) is 10.7. The molecule has 2 heteroatoms. The largest absolute Gasteiger partial charge is 0.507 e. The summed E-state index contributed by atoms with van der Waals surface area (Å²) in [6.45, 7) is 0. The summed E-state index contributed by atoms with van der Waals surface area (Å²) in [7, 11) is 0. The van der Waals surface area contributed by atoms with E-state index in [9.17, 15) is 5.11 Å². The van der Waals surface area contributed by atoms with Gasteiger partial charge in [0.15, 0.2) is 0 Å². The Morgan fingerprint density at radius 3 is 1.62 bits per heavy atom.